The van der Waals surface area contributed by atoms with Gasteiger partial charge in [0, 0.05) is 11.1 Å². The van der Waals surface area contributed by atoms with E-state index in [1.807, 2.05) is 0 Å². The van der Waals surface area contributed by atoms with Crippen LogP contribution >= 0.6 is 0 Å². The molecule has 0 radical (unpaired) electrons. The molecule has 0 bridgehead atoms. The number of amides is 1. The first-order valence-electron chi connectivity index (χ1n) is 8.28. The molecule has 6 N–H and O–H groups in total. The van der Waals surface area contributed by atoms with Gasteiger partial charge in [0.05, 0.1) is 21.0 Å². The van der Waals surface area contributed by atoms with E-state index >= 15 is 0 Å². The van der Waals surface area contributed by atoms with Gasteiger partial charge in [0.15, 0.2) is 0 Å². The summed E-state index contributed by atoms with van der Waals surface area (Å²) in [6, 6.07) is 7.80. The molecule has 0 fully saturated rings. The SMILES string of the molecule is Nc1ccc(C(=O)Nc2cc(S(=O)(=O)O)cc3ccc(S(=O)(=O)O)cc23)c(S(=O)(=O)O)c1. The van der Waals surface area contributed by atoms with Crippen LogP contribution in [0.5, 0.6) is 0 Å². The maximum absolute atomic E-state index is 12.8. The molecule has 0 heterocycles. The average Bonchev–Trinajstić information content (AvgIpc) is 2.65. The van der Waals surface area contributed by atoms with Crippen LogP contribution in [0.15, 0.2) is 63.2 Å². The molecule has 12 nitrogen and oxygen atoms in total. The number of nitrogen functional groups attached to an aromatic ring is 1. The highest BCUT2D eigenvalue weighted by Crippen LogP contribution is 2.31. The Kier molecular flexibility index (Phi) is 5.75. The Morgan fingerprint density at radius 3 is 1.94 bits per heavy atom. The van der Waals surface area contributed by atoms with Crippen LogP contribution in [0.2, 0.25) is 0 Å². The molecule has 0 atom stereocenters. The minimum Gasteiger partial charge on any atom is -0.399 e. The normalized spacial score (nSPS) is 12.6. The fourth-order valence-corrected chi connectivity index (χ4v) is 4.62. The molecule has 3 aromatic rings. The third-order valence-corrected chi connectivity index (χ3v) is 6.85. The number of nitrogens with two attached hydrogens (primary N) is 1. The lowest BCUT2D eigenvalue weighted by molar-refractivity contribution is 0.102. The number of hydrogen-bond acceptors (Lipinski definition) is 8. The Morgan fingerprint density at radius 1 is 0.750 bits per heavy atom. The molecule has 32 heavy (non-hydrogen) atoms. The minimum atomic E-state index is -4.88. The van der Waals surface area contributed by atoms with Gasteiger partial charge in [-0.2, -0.15) is 25.3 Å². The zero-order valence-electron chi connectivity index (χ0n) is 15.6. The van der Waals surface area contributed by atoms with Gasteiger partial charge in [-0.15, -0.1) is 0 Å². The molecule has 0 spiro atoms. The Labute approximate surface area is 181 Å². The highest BCUT2D eigenvalue weighted by Gasteiger charge is 2.23. The van der Waals surface area contributed by atoms with Crippen LogP contribution in [0.1, 0.15) is 10.4 Å². The molecule has 0 unspecified atom stereocenters. The van der Waals surface area contributed by atoms with E-state index in [2.05, 4.69) is 5.32 Å². The molecule has 0 aromatic heterocycles. The summed E-state index contributed by atoms with van der Waals surface area (Å²) in [5.41, 5.74) is 4.52. The van der Waals surface area contributed by atoms with Crippen LogP contribution < -0.4 is 11.1 Å². The lowest BCUT2D eigenvalue weighted by atomic mass is 10.1. The molecule has 15 heteroatoms. The summed E-state index contributed by atoms with van der Waals surface area (Å²) in [6.07, 6.45) is 0. The number of nitrogens with one attached hydrogen (secondary N) is 1. The maximum Gasteiger partial charge on any atom is 0.295 e. The van der Waals surface area contributed by atoms with Gasteiger partial charge in [-0.05, 0) is 47.9 Å². The molecule has 0 saturated carbocycles. The monoisotopic (exact) mass is 502 g/mol. The summed E-state index contributed by atoms with van der Waals surface area (Å²) >= 11 is 0. The third-order valence-electron chi connectivity index (χ3n) is 4.27. The number of hydrogen-bond donors (Lipinski definition) is 5. The van der Waals surface area contributed by atoms with E-state index in [0.717, 1.165) is 42.5 Å². The molecule has 0 aliphatic carbocycles. The lowest BCUT2D eigenvalue weighted by Crippen LogP contribution is -2.17. The third kappa shape index (κ3) is 4.87. The minimum absolute atomic E-state index is 0.0511. The summed E-state index contributed by atoms with van der Waals surface area (Å²) < 4.78 is 97.5. The van der Waals surface area contributed by atoms with Crippen molar-refractivity contribution in [2.75, 3.05) is 11.1 Å². The van der Waals surface area contributed by atoms with Gasteiger partial charge in [-0.25, -0.2) is 0 Å². The predicted octanol–water partition coefficient (Wildman–Crippen LogP) is 1.41. The Bertz CT molecular complexity index is 1600. The molecule has 0 saturated heterocycles. The number of anilines is 2. The fraction of sp³-hybridized carbons (Fsp3) is 0. The van der Waals surface area contributed by atoms with Gasteiger partial charge in [0.25, 0.3) is 36.3 Å². The van der Waals surface area contributed by atoms with Crippen LogP contribution in [0, 0.1) is 0 Å². The van der Waals surface area contributed by atoms with Gasteiger partial charge in [0.1, 0.15) is 4.90 Å². The van der Waals surface area contributed by atoms with Crippen molar-refractivity contribution >= 4 is 58.4 Å². The molecule has 0 aliphatic heterocycles. The number of carbonyl (C=O) groups excluding carboxylic acids is 1. The topological polar surface area (TPSA) is 218 Å². The van der Waals surface area contributed by atoms with Crippen molar-refractivity contribution in [3.05, 3.63) is 54.1 Å². The van der Waals surface area contributed by atoms with Crippen LogP contribution in [0.25, 0.3) is 10.8 Å². The van der Waals surface area contributed by atoms with E-state index in [0.29, 0.717) is 0 Å². The second kappa shape index (κ2) is 7.80. The van der Waals surface area contributed by atoms with Gasteiger partial charge in [0.2, 0.25) is 0 Å². The zero-order chi connectivity index (χ0) is 24.1. The van der Waals surface area contributed by atoms with E-state index in [4.69, 9.17) is 5.73 Å². The summed E-state index contributed by atoms with van der Waals surface area (Å²) in [5.74, 6) is -1.14. The van der Waals surface area contributed by atoms with E-state index in [1.54, 1.807) is 0 Å². The summed E-state index contributed by atoms with van der Waals surface area (Å²) in [6.45, 7) is 0. The molecule has 0 aliphatic rings. The maximum atomic E-state index is 12.8. The molecule has 1 amide bonds. The second-order valence-corrected chi connectivity index (χ2v) is 10.7. The van der Waals surface area contributed by atoms with E-state index in [1.165, 1.54) is 6.07 Å². The first-order valence-corrected chi connectivity index (χ1v) is 12.6. The highest BCUT2D eigenvalue weighted by molar-refractivity contribution is 7.86. The van der Waals surface area contributed by atoms with Crippen molar-refractivity contribution in [2.45, 2.75) is 14.7 Å². The van der Waals surface area contributed by atoms with Gasteiger partial charge >= 0.3 is 0 Å². The summed E-state index contributed by atoms with van der Waals surface area (Å²) in [4.78, 5) is 10.7. The van der Waals surface area contributed by atoms with E-state index < -0.39 is 56.5 Å². The van der Waals surface area contributed by atoms with Crippen molar-refractivity contribution in [1.82, 2.24) is 0 Å². The first kappa shape index (κ1) is 23.6. The molecule has 3 aromatic carbocycles. The quantitative estimate of drug-likeness (QED) is 0.248. The van der Waals surface area contributed by atoms with Crippen molar-refractivity contribution < 1.29 is 43.7 Å². The van der Waals surface area contributed by atoms with Gasteiger partial charge in [-0.1, -0.05) is 6.07 Å². The largest absolute Gasteiger partial charge is 0.399 e. The summed E-state index contributed by atoms with van der Waals surface area (Å²) in [7, 11) is -14.3. The number of benzene rings is 3. The van der Waals surface area contributed by atoms with Crippen molar-refractivity contribution in [1.29, 1.82) is 0 Å². The number of rotatable bonds is 5. The van der Waals surface area contributed by atoms with Crippen LogP contribution in [0.4, 0.5) is 11.4 Å². The van der Waals surface area contributed by atoms with Gasteiger partial charge < -0.3 is 11.1 Å². The Balaban J connectivity index is 2.25. The predicted molar refractivity (Wildman–Crippen MR) is 112 cm³/mol. The van der Waals surface area contributed by atoms with Crippen molar-refractivity contribution in [3.63, 3.8) is 0 Å². The summed E-state index contributed by atoms with van der Waals surface area (Å²) in [5, 5.41) is 2.20. The van der Waals surface area contributed by atoms with E-state index in [9.17, 15) is 43.7 Å². The molecule has 3 rings (SSSR count). The molecule has 170 valence electrons. The van der Waals surface area contributed by atoms with E-state index in [-0.39, 0.29) is 22.1 Å². The molecular weight excluding hydrogens is 488 g/mol. The average molecular weight is 503 g/mol. The number of carbonyl (C=O) groups is 1. The first-order chi connectivity index (χ1) is 14.6. The fourth-order valence-electron chi connectivity index (χ4n) is 2.85. The smallest absolute Gasteiger partial charge is 0.295 e. The van der Waals surface area contributed by atoms with Crippen LogP contribution in [-0.4, -0.2) is 44.8 Å². The molecular formula is C17H14N2O10S3. The van der Waals surface area contributed by atoms with Gasteiger partial charge in [-0.3, -0.25) is 18.5 Å². The second-order valence-electron chi connectivity index (χ2n) is 6.49. The highest BCUT2D eigenvalue weighted by atomic mass is 32.2. The van der Waals surface area contributed by atoms with Crippen LogP contribution in [0.3, 0.4) is 0 Å². The van der Waals surface area contributed by atoms with Crippen molar-refractivity contribution in [2.24, 2.45) is 0 Å². The zero-order valence-corrected chi connectivity index (χ0v) is 18.1. The standard InChI is InChI=1S/C17H14N2O10S3/c18-10-2-4-13(16(6-10)32(27,28)29)17(20)19-15-8-12(31(24,25)26)5-9-1-3-11(7-14(9)15)30(21,22)23/h1-8H,18H2,(H,19,20)(H,21,22,23)(H,24,25,26)(H,27,28,29). The lowest BCUT2D eigenvalue weighted by Gasteiger charge is -2.13. The number of fused-ring (bicyclic) bond motifs is 1. The Hall–Kier alpha value is -3.08. The van der Waals surface area contributed by atoms with Crippen molar-refractivity contribution in [3.8, 4) is 0 Å². The Morgan fingerprint density at radius 2 is 1.38 bits per heavy atom. The van der Waals surface area contributed by atoms with Crippen LogP contribution in [-0.2, 0) is 30.4 Å².